The quantitative estimate of drug-likeness (QED) is 0.680. The van der Waals surface area contributed by atoms with Gasteiger partial charge in [-0.3, -0.25) is 9.20 Å². The minimum atomic E-state index is -0.797. The Morgan fingerprint density at radius 2 is 2.20 bits per heavy atom. The third-order valence-corrected chi connectivity index (χ3v) is 4.05. The molecule has 2 heterocycles. The van der Waals surface area contributed by atoms with Gasteiger partial charge in [0.05, 0.1) is 17.5 Å². The first-order valence-corrected chi connectivity index (χ1v) is 8.53. The van der Waals surface area contributed by atoms with Crippen LogP contribution in [0.1, 0.15) is 24.2 Å². The number of nitrogens with two attached hydrogens (primary N) is 1. The molecule has 0 aliphatic heterocycles. The number of nitrogens with one attached hydrogen (secondary N) is 1. The lowest BCUT2D eigenvalue weighted by molar-refractivity contribution is 0.0996. The van der Waals surface area contributed by atoms with E-state index in [1.807, 2.05) is 4.40 Å². The van der Waals surface area contributed by atoms with Gasteiger partial charge < -0.3 is 11.1 Å². The Morgan fingerprint density at radius 3 is 2.84 bits per heavy atom. The van der Waals surface area contributed by atoms with Gasteiger partial charge in [-0.05, 0) is 34.0 Å². The zero-order chi connectivity index (χ0) is 18.1. The Balaban J connectivity index is 2.09. The molecule has 2 aromatic heterocycles. The van der Waals surface area contributed by atoms with Crippen LogP contribution in [0.2, 0.25) is 0 Å². The van der Waals surface area contributed by atoms with Crippen molar-refractivity contribution in [2.75, 3.05) is 11.9 Å². The van der Waals surface area contributed by atoms with Crippen molar-refractivity contribution >= 4 is 33.3 Å². The largest absolute Gasteiger partial charge is 0.367 e. The van der Waals surface area contributed by atoms with Gasteiger partial charge in [-0.1, -0.05) is 19.9 Å². The highest BCUT2D eigenvalue weighted by Gasteiger charge is 2.15. The molecule has 0 aliphatic carbocycles. The van der Waals surface area contributed by atoms with Gasteiger partial charge in [-0.15, -0.1) is 0 Å². The van der Waals surface area contributed by atoms with E-state index in [1.165, 1.54) is 12.1 Å². The second kappa shape index (κ2) is 6.79. The fraction of sp³-hybridized carbons (Fsp3) is 0.235. The van der Waals surface area contributed by atoms with Crippen LogP contribution in [0.3, 0.4) is 0 Å². The molecule has 1 amide bonds. The number of halogens is 2. The summed E-state index contributed by atoms with van der Waals surface area (Å²) in [6.45, 7) is 4.95. The van der Waals surface area contributed by atoms with Crippen LogP contribution < -0.4 is 11.1 Å². The third kappa shape index (κ3) is 3.48. The summed E-state index contributed by atoms with van der Waals surface area (Å²) in [5, 5.41) is 3.27. The highest BCUT2D eigenvalue weighted by atomic mass is 79.9. The molecule has 0 saturated heterocycles. The minimum absolute atomic E-state index is 0.139. The van der Waals surface area contributed by atoms with Crippen molar-refractivity contribution in [1.82, 2.24) is 14.4 Å². The Morgan fingerprint density at radius 1 is 1.44 bits per heavy atom. The number of nitrogens with zero attached hydrogens (tertiary/aromatic N) is 3. The number of aromatic nitrogens is 3. The van der Waals surface area contributed by atoms with Crippen molar-refractivity contribution in [3.8, 4) is 11.3 Å². The molecule has 0 spiro atoms. The highest BCUT2D eigenvalue weighted by molar-refractivity contribution is 9.10. The lowest BCUT2D eigenvalue weighted by atomic mass is 10.1. The van der Waals surface area contributed by atoms with E-state index in [0.717, 1.165) is 6.54 Å². The van der Waals surface area contributed by atoms with Gasteiger partial charge in [-0.25, -0.2) is 14.4 Å². The normalized spacial score (nSPS) is 11.2. The molecule has 130 valence electrons. The predicted octanol–water partition coefficient (Wildman–Crippen LogP) is 3.46. The molecule has 3 N–H and O–H groups in total. The summed E-state index contributed by atoms with van der Waals surface area (Å²) in [5.74, 6) is -0.366. The lowest BCUT2D eigenvalue weighted by Crippen LogP contribution is -2.13. The van der Waals surface area contributed by atoms with Crippen LogP contribution in [0.5, 0.6) is 0 Å². The van der Waals surface area contributed by atoms with Crippen LogP contribution in [0, 0.1) is 11.7 Å². The van der Waals surface area contributed by atoms with E-state index in [1.54, 1.807) is 18.5 Å². The van der Waals surface area contributed by atoms with Crippen molar-refractivity contribution in [2.24, 2.45) is 11.7 Å². The maximum Gasteiger partial charge on any atom is 0.251 e. The topological polar surface area (TPSA) is 85.3 Å². The maximum atomic E-state index is 14.1. The number of anilines is 1. The fourth-order valence-corrected chi connectivity index (χ4v) is 2.85. The summed E-state index contributed by atoms with van der Waals surface area (Å²) in [6, 6.07) is 4.29. The molecule has 0 fully saturated rings. The third-order valence-electron chi connectivity index (χ3n) is 3.67. The Hall–Kier alpha value is -2.48. The van der Waals surface area contributed by atoms with Gasteiger partial charge in [-0.2, -0.15) is 0 Å². The molecule has 0 unspecified atom stereocenters. The van der Waals surface area contributed by atoms with Gasteiger partial charge in [0.25, 0.3) is 5.91 Å². The van der Waals surface area contributed by atoms with E-state index in [4.69, 9.17) is 5.73 Å². The number of benzene rings is 1. The fourth-order valence-electron chi connectivity index (χ4n) is 2.47. The molecule has 3 aromatic rings. The summed E-state index contributed by atoms with van der Waals surface area (Å²) in [7, 11) is 0. The smallest absolute Gasteiger partial charge is 0.251 e. The van der Waals surface area contributed by atoms with Gasteiger partial charge in [0, 0.05) is 18.3 Å². The molecule has 0 saturated carbocycles. The lowest BCUT2D eigenvalue weighted by Gasteiger charge is -2.10. The summed E-state index contributed by atoms with van der Waals surface area (Å²) in [4.78, 5) is 20.0. The molecule has 6 nitrogen and oxygen atoms in total. The Bertz CT molecular complexity index is 954. The molecule has 0 radical (unpaired) electrons. The van der Waals surface area contributed by atoms with Crippen LogP contribution in [0.4, 0.5) is 10.2 Å². The first-order valence-electron chi connectivity index (χ1n) is 7.74. The van der Waals surface area contributed by atoms with Crippen LogP contribution in [-0.2, 0) is 0 Å². The molecule has 0 bridgehead atoms. The van der Waals surface area contributed by atoms with E-state index in [2.05, 4.69) is 45.1 Å². The molecule has 1 aromatic carbocycles. The number of imidazole rings is 1. The van der Waals surface area contributed by atoms with Crippen molar-refractivity contribution < 1.29 is 9.18 Å². The average Bonchev–Trinajstić information content (AvgIpc) is 2.95. The number of fused-ring (bicyclic) bond motifs is 1. The van der Waals surface area contributed by atoms with E-state index in [0.29, 0.717) is 33.2 Å². The monoisotopic (exact) mass is 405 g/mol. The Kier molecular flexibility index (Phi) is 4.71. The zero-order valence-electron chi connectivity index (χ0n) is 13.8. The van der Waals surface area contributed by atoms with Crippen molar-refractivity contribution in [3.05, 3.63) is 46.6 Å². The summed E-state index contributed by atoms with van der Waals surface area (Å²) < 4.78 is 16.5. The average molecular weight is 406 g/mol. The van der Waals surface area contributed by atoms with Gasteiger partial charge in [0.2, 0.25) is 0 Å². The molecule has 0 aliphatic rings. The summed E-state index contributed by atoms with van der Waals surface area (Å²) in [5.41, 5.74) is 6.92. The number of carbonyl (C=O) groups excluding carboxylic acids is 1. The van der Waals surface area contributed by atoms with Crippen LogP contribution in [0.15, 0.2) is 35.2 Å². The number of hydrogen-bond acceptors (Lipinski definition) is 4. The van der Waals surface area contributed by atoms with Gasteiger partial charge >= 0.3 is 0 Å². The number of primary amides is 1. The molecule has 0 atom stereocenters. The maximum absolute atomic E-state index is 14.1. The molecular formula is C17H17BrFN5O. The zero-order valence-corrected chi connectivity index (χ0v) is 15.3. The van der Waals surface area contributed by atoms with Gasteiger partial charge in [0.1, 0.15) is 10.4 Å². The minimum Gasteiger partial charge on any atom is -0.367 e. The van der Waals surface area contributed by atoms with Crippen LogP contribution in [-0.4, -0.2) is 26.8 Å². The van der Waals surface area contributed by atoms with Crippen molar-refractivity contribution in [3.63, 3.8) is 0 Å². The SMILES string of the molecule is CC(C)CNc1nc(Br)cn2c(-c3ccc(C(N)=O)c(F)c3)cnc12. The number of amides is 1. The first-order chi connectivity index (χ1) is 11.9. The standard InChI is InChI=1S/C17H17BrFN5O/c1-9(2)6-21-16-17-22-7-13(24(17)8-14(18)23-16)10-3-4-11(15(20)25)12(19)5-10/h3-5,7-9H,6H2,1-2H3,(H2,20,25)(H,21,23). The predicted molar refractivity (Wildman–Crippen MR) is 97.9 cm³/mol. The van der Waals surface area contributed by atoms with E-state index in [-0.39, 0.29) is 5.56 Å². The van der Waals surface area contributed by atoms with Crippen molar-refractivity contribution in [1.29, 1.82) is 0 Å². The van der Waals surface area contributed by atoms with Crippen LogP contribution in [0.25, 0.3) is 16.9 Å². The second-order valence-electron chi connectivity index (χ2n) is 6.08. The Labute approximate surface area is 152 Å². The molecular weight excluding hydrogens is 389 g/mol. The molecule has 8 heteroatoms. The second-order valence-corrected chi connectivity index (χ2v) is 6.90. The molecule has 25 heavy (non-hydrogen) atoms. The van der Waals surface area contributed by atoms with E-state index < -0.39 is 11.7 Å². The van der Waals surface area contributed by atoms with Gasteiger partial charge in [0.15, 0.2) is 11.5 Å². The first kappa shape index (κ1) is 17.3. The number of carbonyl (C=O) groups is 1. The number of hydrogen-bond donors (Lipinski definition) is 2. The highest BCUT2D eigenvalue weighted by Crippen LogP contribution is 2.27. The van der Waals surface area contributed by atoms with Crippen molar-refractivity contribution in [2.45, 2.75) is 13.8 Å². The number of rotatable bonds is 5. The summed E-state index contributed by atoms with van der Waals surface area (Å²) >= 11 is 3.39. The van der Waals surface area contributed by atoms with Crippen LogP contribution >= 0.6 is 15.9 Å². The summed E-state index contributed by atoms with van der Waals surface area (Å²) in [6.07, 6.45) is 3.40. The molecule has 3 rings (SSSR count). The van der Waals surface area contributed by atoms with E-state index in [9.17, 15) is 9.18 Å². The van der Waals surface area contributed by atoms with E-state index >= 15 is 0 Å².